The summed E-state index contributed by atoms with van der Waals surface area (Å²) < 4.78 is 0. The third kappa shape index (κ3) is 7.10. The summed E-state index contributed by atoms with van der Waals surface area (Å²) in [6.45, 7) is 4.27. The maximum Gasteiger partial charge on any atom is 0.327 e. The largest absolute Gasteiger partial charge is 0.478 e. The second-order valence-corrected chi connectivity index (χ2v) is 2.87. The Morgan fingerprint density at radius 1 is 1.64 bits per heavy atom. The van der Waals surface area contributed by atoms with Crippen LogP contribution in [0.25, 0.3) is 0 Å². The molecule has 0 saturated heterocycles. The van der Waals surface area contributed by atoms with Gasteiger partial charge in [-0.15, -0.1) is 0 Å². The highest BCUT2D eigenvalue weighted by atomic mass is 16.4. The summed E-state index contributed by atoms with van der Waals surface area (Å²) in [6, 6.07) is 0. The van der Waals surface area contributed by atoms with Gasteiger partial charge in [0.2, 0.25) is 0 Å². The van der Waals surface area contributed by atoms with E-state index in [1.807, 2.05) is 0 Å². The lowest BCUT2D eigenvalue weighted by Crippen LogP contribution is -1.92. The number of hydrogen-bond donors (Lipinski definition) is 1. The topological polar surface area (TPSA) is 37.3 Å². The number of carbonyl (C=O) groups is 1. The molecular formula is C9H16O2. The lowest BCUT2D eigenvalue weighted by Gasteiger charge is -2.04. The van der Waals surface area contributed by atoms with Crippen LogP contribution < -0.4 is 0 Å². The number of allylic oxidation sites excluding steroid dienone is 1. The van der Waals surface area contributed by atoms with Crippen LogP contribution in [0.4, 0.5) is 0 Å². The number of hydrogen-bond acceptors (Lipinski definition) is 1. The van der Waals surface area contributed by atoms with Crippen LogP contribution in [0.3, 0.4) is 0 Å². The van der Waals surface area contributed by atoms with Crippen molar-refractivity contribution in [2.45, 2.75) is 33.1 Å². The predicted octanol–water partition coefficient (Wildman–Crippen LogP) is 2.45. The van der Waals surface area contributed by atoms with Crippen LogP contribution >= 0.6 is 0 Å². The molecule has 2 heteroatoms. The standard InChI is InChI=1S/C9H16O2/c1-3-5-8(2)6-4-7-9(10)11/h4,7-8H,3,5-6H2,1-2H3,(H,10,11)/b7-4+/t8-/m1/s1. The quantitative estimate of drug-likeness (QED) is 0.621. The van der Waals surface area contributed by atoms with Crippen molar-refractivity contribution in [2.24, 2.45) is 5.92 Å². The average Bonchev–Trinajstić information content (AvgIpc) is 1.87. The van der Waals surface area contributed by atoms with Gasteiger partial charge in [-0.25, -0.2) is 4.79 Å². The molecule has 0 aromatic heterocycles. The van der Waals surface area contributed by atoms with Crippen LogP contribution in [0.2, 0.25) is 0 Å². The first kappa shape index (κ1) is 10.2. The molecule has 0 rings (SSSR count). The van der Waals surface area contributed by atoms with Crippen molar-refractivity contribution in [3.8, 4) is 0 Å². The molecule has 0 spiro atoms. The van der Waals surface area contributed by atoms with E-state index in [-0.39, 0.29) is 0 Å². The summed E-state index contributed by atoms with van der Waals surface area (Å²) in [7, 11) is 0. The monoisotopic (exact) mass is 156 g/mol. The predicted molar refractivity (Wildman–Crippen MR) is 45.5 cm³/mol. The summed E-state index contributed by atoms with van der Waals surface area (Å²) in [4.78, 5) is 10.1. The summed E-state index contributed by atoms with van der Waals surface area (Å²) >= 11 is 0. The summed E-state index contributed by atoms with van der Waals surface area (Å²) in [5.74, 6) is -0.246. The molecule has 0 aliphatic heterocycles. The van der Waals surface area contributed by atoms with Gasteiger partial charge in [0.15, 0.2) is 0 Å². The molecule has 0 heterocycles. The van der Waals surface area contributed by atoms with Gasteiger partial charge >= 0.3 is 5.97 Å². The number of aliphatic carboxylic acids is 1. The molecule has 0 radical (unpaired) electrons. The zero-order chi connectivity index (χ0) is 8.69. The fraction of sp³-hybridized carbons (Fsp3) is 0.667. The molecule has 0 aromatic rings. The first-order valence-electron chi connectivity index (χ1n) is 4.06. The van der Waals surface area contributed by atoms with Crippen molar-refractivity contribution in [1.29, 1.82) is 0 Å². The van der Waals surface area contributed by atoms with Crippen molar-refractivity contribution in [3.63, 3.8) is 0 Å². The normalized spacial score (nSPS) is 13.6. The Morgan fingerprint density at radius 3 is 2.73 bits per heavy atom. The second kappa shape index (κ2) is 5.96. The van der Waals surface area contributed by atoms with Crippen LogP contribution in [0.5, 0.6) is 0 Å². The molecule has 0 bridgehead atoms. The van der Waals surface area contributed by atoms with Gasteiger partial charge in [0.1, 0.15) is 0 Å². The molecular weight excluding hydrogens is 140 g/mol. The Hall–Kier alpha value is -0.790. The molecule has 0 unspecified atom stereocenters. The first-order valence-corrected chi connectivity index (χ1v) is 4.06. The van der Waals surface area contributed by atoms with Gasteiger partial charge in [-0.2, -0.15) is 0 Å². The smallest absolute Gasteiger partial charge is 0.327 e. The molecule has 64 valence electrons. The van der Waals surface area contributed by atoms with E-state index in [0.29, 0.717) is 5.92 Å². The van der Waals surface area contributed by atoms with E-state index in [1.54, 1.807) is 6.08 Å². The van der Waals surface area contributed by atoms with Crippen molar-refractivity contribution in [1.82, 2.24) is 0 Å². The summed E-state index contributed by atoms with van der Waals surface area (Å²) in [6.07, 6.45) is 6.15. The molecule has 0 fully saturated rings. The maximum atomic E-state index is 10.1. The fourth-order valence-corrected chi connectivity index (χ4v) is 1.01. The Morgan fingerprint density at radius 2 is 2.27 bits per heavy atom. The molecule has 0 aliphatic rings. The minimum Gasteiger partial charge on any atom is -0.478 e. The lowest BCUT2D eigenvalue weighted by molar-refractivity contribution is -0.131. The SMILES string of the molecule is CCC[C@@H](C)C/C=C/C(=O)O. The summed E-state index contributed by atoms with van der Waals surface area (Å²) in [5.41, 5.74) is 0. The third-order valence-electron chi connectivity index (χ3n) is 1.58. The summed E-state index contributed by atoms with van der Waals surface area (Å²) in [5, 5.41) is 8.27. The lowest BCUT2D eigenvalue weighted by atomic mass is 10.0. The van der Waals surface area contributed by atoms with E-state index in [1.165, 1.54) is 18.9 Å². The van der Waals surface area contributed by atoms with E-state index < -0.39 is 5.97 Å². The Balaban J connectivity index is 3.44. The van der Waals surface area contributed by atoms with Gasteiger partial charge < -0.3 is 5.11 Å². The van der Waals surface area contributed by atoms with Gasteiger partial charge in [0.25, 0.3) is 0 Å². The zero-order valence-corrected chi connectivity index (χ0v) is 7.21. The molecule has 0 saturated carbocycles. The molecule has 1 N–H and O–H groups in total. The van der Waals surface area contributed by atoms with Crippen molar-refractivity contribution in [2.75, 3.05) is 0 Å². The van der Waals surface area contributed by atoms with Crippen LogP contribution in [0, 0.1) is 5.92 Å². The van der Waals surface area contributed by atoms with E-state index in [0.717, 1.165) is 6.42 Å². The van der Waals surface area contributed by atoms with Crippen LogP contribution in [0.15, 0.2) is 12.2 Å². The fourth-order valence-electron chi connectivity index (χ4n) is 1.01. The van der Waals surface area contributed by atoms with E-state index in [4.69, 9.17) is 5.11 Å². The zero-order valence-electron chi connectivity index (χ0n) is 7.21. The van der Waals surface area contributed by atoms with Gasteiger partial charge in [0, 0.05) is 6.08 Å². The Kier molecular flexibility index (Phi) is 5.53. The third-order valence-corrected chi connectivity index (χ3v) is 1.58. The highest BCUT2D eigenvalue weighted by molar-refractivity contribution is 5.79. The molecule has 1 atom stereocenters. The van der Waals surface area contributed by atoms with Gasteiger partial charge in [-0.05, 0) is 12.3 Å². The van der Waals surface area contributed by atoms with Gasteiger partial charge in [0.05, 0.1) is 0 Å². The van der Waals surface area contributed by atoms with Crippen molar-refractivity contribution < 1.29 is 9.90 Å². The molecule has 0 aromatic carbocycles. The minimum atomic E-state index is -0.853. The number of carboxylic acids is 1. The van der Waals surface area contributed by atoms with Crippen LogP contribution in [-0.4, -0.2) is 11.1 Å². The van der Waals surface area contributed by atoms with Crippen LogP contribution in [0.1, 0.15) is 33.1 Å². The number of carboxylic acid groups (broad SMARTS) is 1. The van der Waals surface area contributed by atoms with E-state index >= 15 is 0 Å². The Bertz CT molecular complexity index is 138. The highest BCUT2D eigenvalue weighted by Gasteiger charge is 1.96. The molecule has 2 nitrogen and oxygen atoms in total. The molecule has 0 amide bonds. The van der Waals surface area contributed by atoms with E-state index in [2.05, 4.69) is 13.8 Å². The van der Waals surface area contributed by atoms with Crippen LogP contribution in [-0.2, 0) is 4.79 Å². The van der Waals surface area contributed by atoms with E-state index in [9.17, 15) is 4.79 Å². The number of rotatable bonds is 5. The first-order chi connectivity index (χ1) is 5.16. The second-order valence-electron chi connectivity index (χ2n) is 2.87. The Labute approximate surface area is 67.9 Å². The molecule has 11 heavy (non-hydrogen) atoms. The van der Waals surface area contributed by atoms with Crippen molar-refractivity contribution >= 4 is 5.97 Å². The average molecular weight is 156 g/mol. The highest BCUT2D eigenvalue weighted by Crippen LogP contribution is 2.09. The minimum absolute atomic E-state index is 0.607. The van der Waals surface area contributed by atoms with Gasteiger partial charge in [-0.3, -0.25) is 0 Å². The molecule has 0 aliphatic carbocycles. The van der Waals surface area contributed by atoms with Gasteiger partial charge in [-0.1, -0.05) is 32.8 Å². The van der Waals surface area contributed by atoms with Crippen molar-refractivity contribution in [3.05, 3.63) is 12.2 Å². The maximum absolute atomic E-state index is 10.1.